The van der Waals surface area contributed by atoms with Gasteiger partial charge >= 0.3 is 0 Å². The first-order chi connectivity index (χ1) is 12.0. The van der Waals surface area contributed by atoms with Crippen LogP contribution in [0, 0.1) is 11.8 Å². The number of carbonyl (C=O) groups is 1. The molecule has 1 aromatic rings. The van der Waals surface area contributed by atoms with Crippen LogP contribution in [0.25, 0.3) is 0 Å². The zero-order valence-corrected chi connectivity index (χ0v) is 15.4. The number of hydrogen-bond donors (Lipinski definition) is 2. The molecule has 3 N–H and O–H groups in total. The van der Waals surface area contributed by atoms with Gasteiger partial charge in [0, 0.05) is 31.2 Å². The molecule has 0 bridgehead atoms. The molecule has 138 valence electrons. The second-order valence-corrected chi connectivity index (χ2v) is 7.67. The van der Waals surface area contributed by atoms with E-state index in [0.29, 0.717) is 12.5 Å². The van der Waals surface area contributed by atoms with Crippen molar-refractivity contribution in [1.82, 2.24) is 4.90 Å². The molecule has 5 heteroatoms. The third-order valence-corrected chi connectivity index (χ3v) is 5.39. The van der Waals surface area contributed by atoms with E-state index in [1.54, 1.807) is 0 Å². The Kier molecular flexibility index (Phi) is 6.10. The smallest absolute Gasteiger partial charge is 0.227 e. The lowest BCUT2D eigenvalue weighted by molar-refractivity contribution is -0.120. The molecular formula is C20H31N3O2. The lowest BCUT2D eigenvalue weighted by Gasteiger charge is -2.35. The minimum atomic E-state index is 0.0644. The molecule has 5 nitrogen and oxygen atoms in total. The van der Waals surface area contributed by atoms with Crippen molar-refractivity contribution < 1.29 is 9.53 Å². The van der Waals surface area contributed by atoms with Crippen molar-refractivity contribution in [2.75, 3.05) is 25.0 Å². The molecule has 1 aliphatic heterocycles. The summed E-state index contributed by atoms with van der Waals surface area (Å²) in [4.78, 5) is 15.0. The molecule has 1 saturated heterocycles. The minimum Gasteiger partial charge on any atom is -0.373 e. The van der Waals surface area contributed by atoms with Gasteiger partial charge in [-0.25, -0.2) is 0 Å². The number of hydrogen-bond acceptors (Lipinski definition) is 4. The van der Waals surface area contributed by atoms with E-state index < -0.39 is 0 Å². The Morgan fingerprint density at radius 1 is 1.28 bits per heavy atom. The summed E-state index contributed by atoms with van der Waals surface area (Å²) < 4.78 is 5.80. The second-order valence-electron chi connectivity index (χ2n) is 7.67. The molecule has 1 aromatic carbocycles. The molecule has 25 heavy (non-hydrogen) atoms. The third kappa shape index (κ3) is 4.81. The summed E-state index contributed by atoms with van der Waals surface area (Å²) in [6.45, 7) is 7.62. The van der Waals surface area contributed by atoms with E-state index in [1.807, 2.05) is 12.1 Å². The van der Waals surface area contributed by atoms with Crippen molar-refractivity contribution in [1.29, 1.82) is 0 Å². The van der Waals surface area contributed by atoms with Crippen molar-refractivity contribution in [3.63, 3.8) is 0 Å². The molecule has 0 aromatic heterocycles. The van der Waals surface area contributed by atoms with E-state index in [9.17, 15) is 4.79 Å². The molecule has 1 aliphatic carbocycles. The molecule has 2 aliphatic rings. The van der Waals surface area contributed by atoms with E-state index in [1.165, 1.54) is 5.56 Å². The van der Waals surface area contributed by atoms with Crippen LogP contribution in [0.2, 0.25) is 0 Å². The standard InChI is InChI=1S/C20H31N3O2/c1-14-11-23(12-15(2)25-14)13-16-5-3-7-18(9-16)22-20(24)19-8-4-6-17(19)10-21/h3,5,7,9,14-15,17,19H,4,6,8,10-13,21H2,1-2H3,(H,22,24)/t14?,15?,17-,19-/m1/s1. The van der Waals surface area contributed by atoms with Gasteiger partial charge in [-0.15, -0.1) is 0 Å². The average molecular weight is 345 g/mol. The quantitative estimate of drug-likeness (QED) is 0.861. The van der Waals surface area contributed by atoms with Crippen LogP contribution in [-0.2, 0) is 16.1 Å². The predicted molar refractivity (Wildman–Crippen MR) is 100 cm³/mol. The maximum atomic E-state index is 12.6. The van der Waals surface area contributed by atoms with Crippen LogP contribution in [0.3, 0.4) is 0 Å². The molecule has 0 spiro atoms. The fourth-order valence-corrected chi connectivity index (χ4v) is 4.32. The lowest BCUT2D eigenvalue weighted by Crippen LogP contribution is -2.44. The van der Waals surface area contributed by atoms with Gasteiger partial charge in [0.1, 0.15) is 0 Å². The highest BCUT2D eigenvalue weighted by molar-refractivity contribution is 5.93. The summed E-state index contributed by atoms with van der Waals surface area (Å²) in [5.74, 6) is 0.521. The molecule has 4 atom stereocenters. The Morgan fingerprint density at radius 2 is 2.04 bits per heavy atom. The molecule has 1 saturated carbocycles. The molecule has 2 unspecified atom stereocenters. The largest absolute Gasteiger partial charge is 0.373 e. The van der Waals surface area contributed by atoms with Crippen LogP contribution in [0.4, 0.5) is 5.69 Å². The number of nitrogens with two attached hydrogens (primary N) is 1. The van der Waals surface area contributed by atoms with Gasteiger partial charge in [0.05, 0.1) is 12.2 Å². The maximum Gasteiger partial charge on any atom is 0.227 e. The summed E-state index contributed by atoms with van der Waals surface area (Å²) in [6.07, 6.45) is 3.66. The van der Waals surface area contributed by atoms with Gasteiger partial charge in [0.2, 0.25) is 5.91 Å². The van der Waals surface area contributed by atoms with Gasteiger partial charge < -0.3 is 15.8 Å². The predicted octanol–water partition coefficient (Wildman–Crippen LogP) is 2.61. The molecule has 1 heterocycles. The molecule has 2 fully saturated rings. The second kappa shape index (κ2) is 8.30. The van der Waals surface area contributed by atoms with Gasteiger partial charge in [0.25, 0.3) is 0 Å². The highest BCUT2D eigenvalue weighted by atomic mass is 16.5. The van der Waals surface area contributed by atoms with Crippen LogP contribution in [0.5, 0.6) is 0 Å². The SMILES string of the molecule is CC1CN(Cc2cccc(NC(=O)[C@@H]3CCC[C@@H]3CN)c2)CC(C)O1. The fraction of sp³-hybridized carbons (Fsp3) is 0.650. The Hall–Kier alpha value is -1.43. The first-order valence-electron chi connectivity index (χ1n) is 9.53. The zero-order valence-electron chi connectivity index (χ0n) is 15.4. The van der Waals surface area contributed by atoms with Crippen LogP contribution in [0.1, 0.15) is 38.7 Å². The van der Waals surface area contributed by atoms with Crippen molar-refractivity contribution in [2.24, 2.45) is 17.6 Å². The van der Waals surface area contributed by atoms with E-state index in [-0.39, 0.29) is 24.0 Å². The van der Waals surface area contributed by atoms with Gasteiger partial charge in [-0.1, -0.05) is 18.6 Å². The Labute approximate surface area is 150 Å². The average Bonchev–Trinajstić information content (AvgIpc) is 3.03. The number of amides is 1. The molecule has 3 rings (SSSR count). The number of rotatable bonds is 5. The molecule has 0 radical (unpaired) electrons. The number of nitrogens with one attached hydrogen (secondary N) is 1. The van der Waals surface area contributed by atoms with Crippen LogP contribution < -0.4 is 11.1 Å². The summed E-state index contributed by atoms with van der Waals surface area (Å²) in [5.41, 5.74) is 7.92. The van der Waals surface area contributed by atoms with Crippen molar-refractivity contribution >= 4 is 11.6 Å². The number of benzene rings is 1. The van der Waals surface area contributed by atoms with Gasteiger partial charge in [-0.2, -0.15) is 0 Å². The summed E-state index contributed by atoms with van der Waals surface area (Å²) >= 11 is 0. The number of carbonyl (C=O) groups excluding carboxylic acids is 1. The maximum absolute atomic E-state index is 12.6. The van der Waals surface area contributed by atoms with Gasteiger partial charge in [0.15, 0.2) is 0 Å². The Bertz CT molecular complexity index is 582. The van der Waals surface area contributed by atoms with E-state index >= 15 is 0 Å². The molecule has 1 amide bonds. The highest BCUT2D eigenvalue weighted by Gasteiger charge is 2.32. The Balaban J connectivity index is 1.60. The number of morpholine rings is 1. The van der Waals surface area contributed by atoms with Gasteiger partial charge in [-0.05, 0) is 56.8 Å². The summed E-state index contributed by atoms with van der Waals surface area (Å²) in [6, 6.07) is 8.21. The lowest BCUT2D eigenvalue weighted by atomic mass is 9.95. The van der Waals surface area contributed by atoms with E-state index in [4.69, 9.17) is 10.5 Å². The van der Waals surface area contributed by atoms with Crippen LogP contribution in [0.15, 0.2) is 24.3 Å². The van der Waals surface area contributed by atoms with Gasteiger partial charge in [-0.3, -0.25) is 9.69 Å². The van der Waals surface area contributed by atoms with E-state index in [0.717, 1.165) is 44.6 Å². The van der Waals surface area contributed by atoms with Crippen LogP contribution in [-0.4, -0.2) is 42.6 Å². The number of anilines is 1. The van der Waals surface area contributed by atoms with Crippen molar-refractivity contribution in [3.05, 3.63) is 29.8 Å². The Morgan fingerprint density at radius 3 is 2.76 bits per heavy atom. The monoisotopic (exact) mass is 345 g/mol. The van der Waals surface area contributed by atoms with Crippen molar-refractivity contribution in [2.45, 2.75) is 51.9 Å². The first-order valence-corrected chi connectivity index (χ1v) is 9.53. The molecular weight excluding hydrogens is 314 g/mol. The zero-order chi connectivity index (χ0) is 17.8. The summed E-state index contributed by atoms with van der Waals surface area (Å²) in [7, 11) is 0. The minimum absolute atomic E-state index is 0.0644. The number of nitrogens with zero attached hydrogens (tertiary/aromatic N) is 1. The van der Waals surface area contributed by atoms with Crippen LogP contribution >= 0.6 is 0 Å². The normalized spacial score (nSPS) is 30.4. The van der Waals surface area contributed by atoms with E-state index in [2.05, 4.69) is 36.2 Å². The number of ether oxygens (including phenoxy) is 1. The first kappa shape index (κ1) is 18.4. The highest BCUT2D eigenvalue weighted by Crippen LogP contribution is 2.32. The van der Waals surface area contributed by atoms with Crippen molar-refractivity contribution in [3.8, 4) is 0 Å². The fourth-order valence-electron chi connectivity index (χ4n) is 4.32. The topological polar surface area (TPSA) is 67.6 Å². The third-order valence-electron chi connectivity index (χ3n) is 5.39. The summed E-state index contributed by atoms with van der Waals surface area (Å²) in [5, 5.41) is 3.11.